The SMILES string of the molecule is CCOC(=O)c1noc2c1C(=O)C(NC(=O)c1ccccc1)=CC2c1cc(C(C)=O)no1. The molecule has 10 heteroatoms. The van der Waals surface area contributed by atoms with Crippen LogP contribution in [-0.2, 0) is 4.74 Å². The van der Waals surface area contributed by atoms with Crippen molar-refractivity contribution in [2.24, 2.45) is 0 Å². The molecule has 0 saturated heterocycles. The second-order valence-electron chi connectivity index (χ2n) is 6.87. The summed E-state index contributed by atoms with van der Waals surface area (Å²) in [6.07, 6.45) is 1.40. The fraction of sp³-hybridized carbons (Fsp3) is 0.182. The van der Waals surface area contributed by atoms with Crippen molar-refractivity contribution in [1.82, 2.24) is 15.6 Å². The number of benzene rings is 1. The van der Waals surface area contributed by atoms with Gasteiger partial charge in [0.05, 0.1) is 12.3 Å². The van der Waals surface area contributed by atoms with E-state index in [9.17, 15) is 19.2 Å². The molecule has 1 atom stereocenters. The molecule has 1 amide bonds. The zero-order chi connectivity index (χ0) is 22.8. The molecule has 10 nitrogen and oxygen atoms in total. The number of ether oxygens (including phenoxy) is 1. The fourth-order valence-corrected chi connectivity index (χ4v) is 3.22. The molecule has 0 radical (unpaired) electrons. The molecule has 32 heavy (non-hydrogen) atoms. The molecule has 2 heterocycles. The van der Waals surface area contributed by atoms with Gasteiger partial charge in [-0.3, -0.25) is 14.4 Å². The summed E-state index contributed by atoms with van der Waals surface area (Å²) >= 11 is 0. The van der Waals surface area contributed by atoms with Crippen molar-refractivity contribution in [3.05, 3.63) is 82.2 Å². The van der Waals surface area contributed by atoms with E-state index in [4.69, 9.17) is 13.8 Å². The van der Waals surface area contributed by atoms with Crippen LogP contribution >= 0.6 is 0 Å². The van der Waals surface area contributed by atoms with Crippen LogP contribution in [0.5, 0.6) is 0 Å². The number of amides is 1. The first-order chi connectivity index (χ1) is 15.4. The Bertz CT molecular complexity index is 1250. The van der Waals surface area contributed by atoms with E-state index >= 15 is 0 Å². The van der Waals surface area contributed by atoms with E-state index in [2.05, 4.69) is 15.6 Å². The van der Waals surface area contributed by atoms with Gasteiger partial charge in [0.15, 0.2) is 17.3 Å². The topological polar surface area (TPSA) is 142 Å². The van der Waals surface area contributed by atoms with Crippen molar-refractivity contribution in [1.29, 1.82) is 0 Å². The molecular formula is C22H17N3O7. The first-order valence-electron chi connectivity index (χ1n) is 9.67. The maximum atomic E-state index is 13.2. The second kappa shape index (κ2) is 8.42. The first-order valence-corrected chi connectivity index (χ1v) is 9.67. The molecule has 0 fully saturated rings. The molecule has 1 unspecified atom stereocenters. The van der Waals surface area contributed by atoms with Gasteiger partial charge in [-0.1, -0.05) is 28.5 Å². The number of nitrogens with zero attached hydrogens (tertiary/aromatic N) is 2. The van der Waals surface area contributed by atoms with Crippen LogP contribution in [0.25, 0.3) is 0 Å². The van der Waals surface area contributed by atoms with E-state index in [-0.39, 0.29) is 46.6 Å². The second-order valence-corrected chi connectivity index (χ2v) is 6.87. The Hall–Kier alpha value is -4.34. The van der Waals surface area contributed by atoms with Crippen LogP contribution in [0.2, 0.25) is 0 Å². The third-order valence-corrected chi connectivity index (χ3v) is 4.75. The van der Waals surface area contributed by atoms with Crippen LogP contribution in [0.3, 0.4) is 0 Å². The number of fused-ring (bicyclic) bond motifs is 1. The summed E-state index contributed by atoms with van der Waals surface area (Å²) in [6.45, 7) is 3.00. The van der Waals surface area contributed by atoms with Gasteiger partial charge < -0.3 is 19.1 Å². The summed E-state index contributed by atoms with van der Waals surface area (Å²) < 4.78 is 15.5. The Morgan fingerprint density at radius 2 is 1.88 bits per heavy atom. The lowest BCUT2D eigenvalue weighted by molar-refractivity contribution is 0.0512. The van der Waals surface area contributed by atoms with Gasteiger partial charge in [0.25, 0.3) is 5.91 Å². The predicted molar refractivity (Wildman–Crippen MR) is 107 cm³/mol. The minimum absolute atomic E-state index is 0.0158. The molecule has 0 bridgehead atoms. The minimum atomic E-state index is -0.870. The van der Waals surface area contributed by atoms with Gasteiger partial charge in [-0.15, -0.1) is 0 Å². The van der Waals surface area contributed by atoms with Gasteiger partial charge >= 0.3 is 5.97 Å². The van der Waals surface area contributed by atoms with Crippen LogP contribution in [0, 0.1) is 0 Å². The van der Waals surface area contributed by atoms with Gasteiger partial charge in [-0.25, -0.2) is 4.79 Å². The van der Waals surface area contributed by atoms with Crippen LogP contribution < -0.4 is 5.32 Å². The average molecular weight is 435 g/mol. The highest BCUT2D eigenvalue weighted by molar-refractivity contribution is 6.17. The Balaban J connectivity index is 1.78. The minimum Gasteiger partial charge on any atom is -0.461 e. The van der Waals surface area contributed by atoms with Gasteiger partial charge in [0, 0.05) is 18.6 Å². The molecule has 2 aromatic heterocycles. The van der Waals surface area contributed by atoms with Crippen LogP contribution in [-0.4, -0.2) is 40.4 Å². The molecule has 162 valence electrons. The van der Waals surface area contributed by atoms with Gasteiger partial charge in [0.1, 0.15) is 17.2 Å². The lowest BCUT2D eigenvalue weighted by atomic mass is 9.88. The maximum absolute atomic E-state index is 13.2. The van der Waals surface area contributed by atoms with E-state index < -0.39 is 23.6 Å². The summed E-state index contributed by atoms with van der Waals surface area (Å²) in [5, 5.41) is 9.98. The number of nitrogens with one attached hydrogen (secondary N) is 1. The Morgan fingerprint density at radius 3 is 2.53 bits per heavy atom. The Morgan fingerprint density at radius 1 is 1.12 bits per heavy atom. The van der Waals surface area contributed by atoms with Gasteiger partial charge in [-0.05, 0) is 25.1 Å². The number of ketones is 2. The quantitative estimate of drug-likeness (QED) is 0.457. The third-order valence-electron chi connectivity index (χ3n) is 4.75. The van der Waals surface area contributed by atoms with Crippen LogP contribution in [0.4, 0.5) is 0 Å². The Kier molecular flexibility index (Phi) is 5.50. The molecular weight excluding hydrogens is 418 g/mol. The van der Waals surface area contributed by atoms with E-state index in [1.807, 2.05) is 0 Å². The van der Waals surface area contributed by atoms with Crippen molar-refractivity contribution >= 4 is 23.4 Å². The van der Waals surface area contributed by atoms with E-state index in [0.29, 0.717) is 5.56 Å². The molecule has 0 aliphatic heterocycles. The lowest BCUT2D eigenvalue weighted by Gasteiger charge is -2.18. The average Bonchev–Trinajstić information content (AvgIpc) is 3.45. The van der Waals surface area contributed by atoms with Gasteiger partial charge in [0.2, 0.25) is 11.5 Å². The number of esters is 1. The zero-order valence-electron chi connectivity index (χ0n) is 17.1. The van der Waals surface area contributed by atoms with Crippen molar-refractivity contribution in [3.8, 4) is 0 Å². The highest BCUT2D eigenvalue weighted by Crippen LogP contribution is 2.37. The zero-order valence-corrected chi connectivity index (χ0v) is 17.1. The largest absolute Gasteiger partial charge is 0.461 e. The maximum Gasteiger partial charge on any atom is 0.361 e. The highest BCUT2D eigenvalue weighted by atomic mass is 16.5. The number of allylic oxidation sites excluding steroid dienone is 2. The number of hydrogen-bond acceptors (Lipinski definition) is 9. The van der Waals surface area contributed by atoms with E-state index in [0.717, 1.165) is 0 Å². The van der Waals surface area contributed by atoms with E-state index in [1.54, 1.807) is 37.3 Å². The predicted octanol–water partition coefficient (Wildman–Crippen LogP) is 2.68. The molecule has 1 aliphatic rings. The van der Waals surface area contributed by atoms with Crippen molar-refractivity contribution < 1.29 is 33.0 Å². The summed E-state index contributed by atoms with van der Waals surface area (Å²) in [7, 11) is 0. The summed E-state index contributed by atoms with van der Waals surface area (Å²) in [6, 6.07) is 9.69. The number of rotatable bonds is 6. The summed E-state index contributed by atoms with van der Waals surface area (Å²) in [5.74, 6) is -3.05. The Labute approximate surface area is 181 Å². The van der Waals surface area contributed by atoms with E-state index in [1.165, 1.54) is 19.1 Å². The fourth-order valence-electron chi connectivity index (χ4n) is 3.22. The number of Topliss-reactive ketones (excluding diaryl/α,β-unsaturated/α-hetero) is 2. The number of carbonyl (C=O) groups is 4. The smallest absolute Gasteiger partial charge is 0.361 e. The third kappa shape index (κ3) is 3.73. The number of carbonyl (C=O) groups excluding carboxylic acids is 4. The molecule has 1 aliphatic carbocycles. The summed E-state index contributed by atoms with van der Waals surface area (Å²) in [4.78, 5) is 49.8. The molecule has 3 aromatic rings. The highest BCUT2D eigenvalue weighted by Gasteiger charge is 2.40. The van der Waals surface area contributed by atoms with Crippen molar-refractivity contribution in [3.63, 3.8) is 0 Å². The molecule has 0 spiro atoms. The normalized spacial score (nSPS) is 15.0. The molecule has 4 rings (SSSR count). The van der Waals surface area contributed by atoms with Crippen molar-refractivity contribution in [2.45, 2.75) is 19.8 Å². The first kappa shape index (κ1) is 20.9. The standard InChI is InChI=1S/C22H17N3O7/c1-3-30-22(29)18-17-19(27)15(23-21(28)12-7-5-4-6-8-12)9-13(20(17)32-25-18)16-10-14(11(2)26)24-31-16/h4-10,13H,3H2,1-2H3,(H,23,28). The lowest BCUT2D eigenvalue weighted by Crippen LogP contribution is -2.31. The number of aromatic nitrogens is 2. The van der Waals surface area contributed by atoms with Crippen molar-refractivity contribution in [2.75, 3.05) is 6.61 Å². The molecule has 1 aromatic carbocycles. The molecule has 1 N–H and O–H groups in total. The summed E-state index contributed by atoms with van der Waals surface area (Å²) in [5.41, 5.74) is -0.168. The monoisotopic (exact) mass is 435 g/mol. The van der Waals surface area contributed by atoms with Gasteiger partial charge in [-0.2, -0.15) is 0 Å². The van der Waals surface area contributed by atoms with Crippen LogP contribution in [0.15, 0.2) is 57.2 Å². The number of hydrogen-bond donors (Lipinski definition) is 1. The molecule has 0 saturated carbocycles. The van der Waals surface area contributed by atoms with Crippen LogP contribution in [0.1, 0.15) is 73.0 Å².